The molecule has 0 radical (unpaired) electrons. The normalized spacial score (nSPS) is 27.0. The lowest BCUT2D eigenvalue weighted by atomic mass is 9.92. The van der Waals surface area contributed by atoms with E-state index < -0.39 is 0 Å². The van der Waals surface area contributed by atoms with Gasteiger partial charge in [0.25, 0.3) is 11.3 Å². The number of hydrogen-bond acceptors (Lipinski definition) is 5. The Balaban J connectivity index is 1.61. The van der Waals surface area contributed by atoms with E-state index in [2.05, 4.69) is 25.3 Å². The third kappa shape index (κ3) is 1.94. The summed E-state index contributed by atoms with van der Waals surface area (Å²) in [4.78, 5) is 22.9. The largest absolute Gasteiger partial charge is 0.315 e. The molecule has 2 saturated heterocycles. The fraction of sp³-hybridized carbons (Fsp3) is 0.615. The van der Waals surface area contributed by atoms with Crippen LogP contribution in [0.15, 0.2) is 17.2 Å². The van der Waals surface area contributed by atoms with Crippen LogP contribution in [0.1, 0.15) is 18.5 Å². The second-order valence-corrected chi connectivity index (χ2v) is 5.71. The molecule has 0 aromatic carbocycles. The van der Waals surface area contributed by atoms with Crippen molar-refractivity contribution < 1.29 is 0 Å². The third-order valence-corrected chi connectivity index (χ3v) is 4.48. The Bertz CT molecular complexity index is 677. The number of rotatable bonds is 2. The van der Waals surface area contributed by atoms with Crippen molar-refractivity contribution >= 4 is 5.78 Å². The number of likely N-dealkylation sites (tertiary alicyclic amines) is 1. The molecule has 7 nitrogen and oxygen atoms in total. The Morgan fingerprint density at radius 3 is 3.30 bits per heavy atom. The van der Waals surface area contributed by atoms with Crippen LogP contribution in [0.25, 0.3) is 5.78 Å². The third-order valence-electron chi connectivity index (χ3n) is 4.48. The molecule has 4 rings (SSSR count). The van der Waals surface area contributed by atoms with E-state index >= 15 is 0 Å². The second kappa shape index (κ2) is 4.68. The van der Waals surface area contributed by atoms with Gasteiger partial charge in [0.2, 0.25) is 0 Å². The minimum atomic E-state index is -0.0967. The lowest BCUT2D eigenvalue weighted by Gasteiger charge is -2.36. The first-order valence-electron chi connectivity index (χ1n) is 7.18. The van der Waals surface area contributed by atoms with Crippen LogP contribution in [-0.4, -0.2) is 50.2 Å². The summed E-state index contributed by atoms with van der Waals surface area (Å²) in [7, 11) is 0. The molecule has 7 heteroatoms. The summed E-state index contributed by atoms with van der Waals surface area (Å²) < 4.78 is 1.36. The predicted molar refractivity (Wildman–Crippen MR) is 73.4 cm³/mol. The minimum Gasteiger partial charge on any atom is -0.315 e. The van der Waals surface area contributed by atoms with Gasteiger partial charge in [-0.2, -0.15) is 4.52 Å². The SMILES string of the molecule is O=c1cc(CN2CCCC3CNCC32)nc2nc[nH]n12. The lowest BCUT2D eigenvalue weighted by molar-refractivity contribution is 0.116. The van der Waals surface area contributed by atoms with Gasteiger partial charge in [0.1, 0.15) is 6.33 Å². The van der Waals surface area contributed by atoms with Gasteiger partial charge in [-0.15, -0.1) is 0 Å². The molecule has 4 heterocycles. The van der Waals surface area contributed by atoms with E-state index in [1.54, 1.807) is 6.07 Å². The van der Waals surface area contributed by atoms with Crippen LogP contribution in [0.4, 0.5) is 0 Å². The number of nitrogens with zero attached hydrogens (tertiary/aromatic N) is 4. The van der Waals surface area contributed by atoms with Gasteiger partial charge < -0.3 is 5.32 Å². The zero-order valence-corrected chi connectivity index (χ0v) is 11.2. The molecular weight excluding hydrogens is 256 g/mol. The Morgan fingerprint density at radius 1 is 1.40 bits per heavy atom. The summed E-state index contributed by atoms with van der Waals surface area (Å²) in [5, 5.41) is 6.23. The summed E-state index contributed by atoms with van der Waals surface area (Å²) >= 11 is 0. The molecule has 20 heavy (non-hydrogen) atoms. The van der Waals surface area contributed by atoms with Crippen LogP contribution >= 0.6 is 0 Å². The van der Waals surface area contributed by atoms with Crippen molar-refractivity contribution in [2.24, 2.45) is 5.92 Å². The number of nitrogens with one attached hydrogen (secondary N) is 2. The Hall–Kier alpha value is -1.73. The average molecular weight is 274 g/mol. The number of H-pyrrole nitrogens is 1. The minimum absolute atomic E-state index is 0.0967. The van der Waals surface area contributed by atoms with Crippen molar-refractivity contribution in [3.05, 3.63) is 28.4 Å². The summed E-state index contributed by atoms with van der Waals surface area (Å²) in [5.74, 6) is 1.20. The molecule has 2 aromatic heterocycles. The maximum absolute atomic E-state index is 12.0. The molecule has 2 unspecified atom stereocenters. The molecule has 2 fully saturated rings. The molecule has 0 amide bonds. The van der Waals surface area contributed by atoms with Gasteiger partial charge in [-0.1, -0.05) is 0 Å². The highest BCUT2D eigenvalue weighted by atomic mass is 16.1. The van der Waals surface area contributed by atoms with E-state index in [0.29, 0.717) is 11.8 Å². The zero-order valence-electron chi connectivity index (χ0n) is 11.2. The van der Waals surface area contributed by atoms with Crippen LogP contribution in [0.2, 0.25) is 0 Å². The van der Waals surface area contributed by atoms with Crippen LogP contribution in [0, 0.1) is 5.92 Å². The first-order valence-corrected chi connectivity index (χ1v) is 7.18. The van der Waals surface area contributed by atoms with Crippen LogP contribution in [0.5, 0.6) is 0 Å². The van der Waals surface area contributed by atoms with Crippen LogP contribution in [-0.2, 0) is 6.54 Å². The summed E-state index contributed by atoms with van der Waals surface area (Å²) in [6.45, 7) is 4.00. The van der Waals surface area contributed by atoms with Gasteiger partial charge >= 0.3 is 0 Å². The molecule has 2 aliphatic heterocycles. The topological polar surface area (TPSA) is 78.3 Å². The van der Waals surface area contributed by atoms with Crippen molar-refractivity contribution in [1.29, 1.82) is 0 Å². The first kappa shape index (κ1) is 12.0. The van der Waals surface area contributed by atoms with Gasteiger partial charge in [-0.25, -0.2) is 9.97 Å². The Kier molecular flexibility index (Phi) is 2.82. The van der Waals surface area contributed by atoms with Crippen molar-refractivity contribution in [3.8, 4) is 0 Å². The number of fused-ring (bicyclic) bond motifs is 2. The van der Waals surface area contributed by atoms with Crippen molar-refractivity contribution in [1.82, 2.24) is 29.8 Å². The summed E-state index contributed by atoms with van der Waals surface area (Å²) in [5.41, 5.74) is 0.718. The number of aromatic nitrogens is 4. The van der Waals surface area contributed by atoms with Crippen molar-refractivity contribution in [2.45, 2.75) is 25.4 Å². The second-order valence-electron chi connectivity index (χ2n) is 5.71. The monoisotopic (exact) mass is 274 g/mol. The Morgan fingerprint density at radius 2 is 2.35 bits per heavy atom. The molecule has 0 saturated carbocycles. The molecule has 0 aliphatic carbocycles. The van der Waals surface area contributed by atoms with Crippen LogP contribution in [0.3, 0.4) is 0 Å². The van der Waals surface area contributed by atoms with E-state index in [-0.39, 0.29) is 5.56 Å². The van der Waals surface area contributed by atoms with E-state index in [0.717, 1.165) is 37.8 Å². The number of aromatic amines is 1. The molecule has 2 aliphatic rings. The van der Waals surface area contributed by atoms with E-state index in [1.807, 2.05) is 0 Å². The highest BCUT2D eigenvalue weighted by molar-refractivity contribution is 5.26. The molecule has 2 aromatic rings. The summed E-state index contributed by atoms with van der Waals surface area (Å²) in [6.07, 6.45) is 4.03. The molecular formula is C13H18N6O. The van der Waals surface area contributed by atoms with Crippen molar-refractivity contribution in [2.75, 3.05) is 19.6 Å². The number of hydrogen-bond donors (Lipinski definition) is 2. The highest BCUT2D eigenvalue weighted by Crippen LogP contribution is 2.27. The average Bonchev–Trinajstić information content (AvgIpc) is 3.06. The van der Waals surface area contributed by atoms with Crippen LogP contribution < -0.4 is 10.9 Å². The molecule has 2 N–H and O–H groups in total. The maximum atomic E-state index is 12.0. The van der Waals surface area contributed by atoms with Gasteiger partial charge in [0, 0.05) is 25.2 Å². The standard InChI is InChI=1S/C13H18N6O/c20-12-4-10(17-13-15-8-16-19(12)13)7-18-3-1-2-9-5-14-6-11(9)18/h4,8-9,11,14H,1-3,5-7H2,(H,15,16,17). The van der Waals surface area contributed by atoms with Gasteiger partial charge in [0.15, 0.2) is 0 Å². The quantitative estimate of drug-likeness (QED) is 0.779. The van der Waals surface area contributed by atoms with Crippen molar-refractivity contribution in [3.63, 3.8) is 0 Å². The predicted octanol–water partition coefficient (Wildman–Crippen LogP) is -0.399. The number of piperidine rings is 1. The van der Waals surface area contributed by atoms with E-state index in [4.69, 9.17) is 0 Å². The maximum Gasteiger partial charge on any atom is 0.274 e. The molecule has 2 atom stereocenters. The zero-order chi connectivity index (χ0) is 13.5. The smallest absolute Gasteiger partial charge is 0.274 e. The van der Waals surface area contributed by atoms with Gasteiger partial charge in [-0.05, 0) is 31.8 Å². The molecule has 0 bridgehead atoms. The van der Waals surface area contributed by atoms with Gasteiger partial charge in [-0.3, -0.25) is 14.8 Å². The van der Waals surface area contributed by atoms with E-state index in [1.165, 1.54) is 23.7 Å². The first-order chi connectivity index (χ1) is 9.81. The lowest BCUT2D eigenvalue weighted by Crippen LogP contribution is -2.44. The Labute approximate surface area is 116 Å². The van der Waals surface area contributed by atoms with E-state index in [9.17, 15) is 4.79 Å². The fourth-order valence-corrected chi connectivity index (χ4v) is 3.52. The summed E-state index contributed by atoms with van der Waals surface area (Å²) in [6, 6.07) is 2.19. The van der Waals surface area contributed by atoms with Gasteiger partial charge in [0.05, 0.1) is 5.69 Å². The highest BCUT2D eigenvalue weighted by Gasteiger charge is 2.34. The molecule has 0 spiro atoms. The molecule has 106 valence electrons. The fourth-order valence-electron chi connectivity index (χ4n) is 3.52.